The van der Waals surface area contributed by atoms with E-state index in [0.717, 1.165) is 5.56 Å². The molecule has 2 aromatic rings. The summed E-state index contributed by atoms with van der Waals surface area (Å²) >= 11 is 0. The van der Waals surface area contributed by atoms with Crippen LogP contribution in [0.3, 0.4) is 0 Å². The van der Waals surface area contributed by atoms with Gasteiger partial charge in [0.2, 0.25) is 10.0 Å². The lowest BCUT2D eigenvalue weighted by Gasteiger charge is -2.18. The number of nitrogens with two attached hydrogens (primary N) is 1. The Morgan fingerprint density at radius 2 is 1.95 bits per heavy atom. The molecule has 8 heteroatoms. The smallest absolute Gasteiger partial charge is 0.246 e. The van der Waals surface area contributed by atoms with Crippen molar-refractivity contribution in [3.63, 3.8) is 0 Å². The maximum absolute atomic E-state index is 12.5. The SMILES string of the molecule is CN(Cc1ccncc1)S(=O)(=O)c1cccnc1NN. The topological polar surface area (TPSA) is 101 Å². The van der Waals surface area contributed by atoms with Gasteiger partial charge >= 0.3 is 0 Å². The quantitative estimate of drug-likeness (QED) is 0.618. The molecule has 7 nitrogen and oxygen atoms in total. The lowest BCUT2D eigenvalue weighted by molar-refractivity contribution is 0.466. The average Bonchev–Trinajstić information content (AvgIpc) is 2.48. The third-order valence-electron chi connectivity index (χ3n) is 2.75. The minimum Gasteiger partial charge on any atom is -0.307 e. The Labute approximate surface area is 117 Å². The van der Waals surface area contributed by atoms with Crippen LogP contribution in [-0.4, -0.2) is 29.7 Å². The standard InChI is InChI=1S/C12H15N5O2S/c1-17(9-10-4-7-14-8-5-10)20(18,19)11-3-2-6-15-12(11)16-13/h2-8H,9,13H2,1H3,(H,15,16). The van der Waals surface area contributed by atoms with Crippen molar-refractivity contribution in [1.29, 1.82) is 0 Å². The normalized spacial score (nSPS) is 11.6. The molecule has 0 atom stereocenters. The Bertz CT molecular complexity index is 675. The summed E-state index contributed by atoms with van der Waals surface area (Å²) < 4.78 is 26.2. The molecule has 0 aliphatic heterocycles. The molecule has 106 valence electrons. The second-order valence-electron chi connectivity index (χ2n) is 4.11. The zero-order valence-corrected chi connectivity index (χ0v) is 11.7. The number of nitrogen functional groups attached to an aromatic ring is 1. The van der Waals surface area contributed by atoms with Crippen LogP contribution in [0.4, 0.5) is 5.82 Å². The molecular formula is C12H15N5O2S. The van der Waals surface area contributed by atoms with E-state index in [4.69, 9.17) is 5.84 Å². The summed E-state index contributed by atoms with van der Waals surface area (Å²) in [6.07, 6.45) is 4.70. The highest BCUT2D eigenvalue weighted by Gasteiger charge is 2.24. The van der Waals surface area contributed by atoms with Crippen LogP contribution in [0.5, 0.6) is 0 Å². The van der Waals surface area contributed by atoms with Crippen molar-refractivity contribution in [2.45, 2.75) is 11.4 Å². The lowest BCUT2D eigenvalue weighted by Crippen LogP contribution is -2.28. The molecule has 2 rings (SSSR count). The van der Waals surface area contributed by atoms with E-state index in [1.54, 1.807) is 30.6 Å². The summed E-state index contributed by atoms with van der Waals surface area (Å²) in [6, 6.07) is 6.53. The predicted octanol–water partition coefficient (Wildman–Crippen LogP) is 0.583. The number of rotatable bonds is 5. The summed E-state index contributed by atoms with van der Waals surface area (Å²) in [5.74, 6) is 5.42. The summed E-state index contributed by atoms with van der Waals surface area (Å²) in [7, 11) is -2.17. The fourth-order valence-corrected chi connectivity index (χ4v) is 2.97. The van der Waals surface area contributed by atoms with E-state index in [1.165, 1.54) is 23.6 Å². The van der Waals surface area contributed by atoms with E-state index >= 15 is 0 Å². The highest BCUT2D eigenvalue weighted by molar-refractivity contribution is 7.89. The zero-order chi connectivity index (χ0) is 14.6. The molecule has 2 heterocycles. The van der Waals surface area contributed by atoms with Gasteiger partial charge < -0.3 is 5.43 Å². The monoisotopic (exact) mass is 293 g/mol. The van der Waals surface area contributed by atoms with Gasteiger partial charge in [0.1, 0.15) is 4.90 Å². The fourth-order valence-electron chi connectivity index (χ4n) is 1.71. The maximum Gasteiger partial charge on any atom is 0.246 e. The van der Waals surface area contributed by atoms with E-state index < -0.39 is 10.0 Å². The second-order valence-corrected chi connectivity index (χ2v) is 6.12. The van der Waals surface area contributed by atoms with Gasteiger partial charge in [0.15, 0.2) is 5.82 Å². The van der Waals surface area contributed by atoms with Crippen LogP contribution in [0.15, 0.2) is 47.8 Å². The van der Waals surface area contributed by atoms with Crippen LogP contribution in [0.1, 0.15) is 5.56 Å². The number of aromatic nitrogens is 2. The van der Waals surface area contributed by atoms with E-state index in [-0.39, 0.29) is 17.3 Å². The molecule has 0 unspecified atom stereocenters. The molecule has 0 amide bonds. The molecule has 0 aliphatic carbocycles. The van der Waals surface area contributed by atoms with Crippen molar-refractivity contribution < 1.29 is 8.42 Å². The minimum absolute atomic E-state index is 0.0408. The van der Waals surface area contributed by atoms with Crippen LogP contribution in [0.25, 0.3) is 0 Å². The Kier molecular flexibility index (Phi) is 4.28. The van der Waals surface area contributed by atoms with E-state index in [9.17, 15) is 8.42 Å². The van der Waals surface area contributed by atoms with Crippen molar-refractivity contribution in [2.75, 3.05) is 12.5 Å². The Morgan fingerprint density at radius 1 is 1.25 bits per heavy atom. The minimum atomic E-state index is -3.67. The maximum atomic E-state index is 12.5. The highest BCUT2D eigenvalue weighted by Crippen LogP contribution is 2.21. The van der Waals surface area contributed by atoms with Crippen molar-refractivity contribution >= 4 is 15.8 Å². The molecule has 0 aliphatic rings. The molecule has 0 saturated heterocycles. The number of pyridine rings is 2. The molecule has 2 aromatic heterocycles. The highest BCUT2D eigenvalue weighted by atomic mass is 32.2. The van der Waals surface area contributed by atoms with Gasteiger partial charge in [-0.05, 0) is 29.8 Å². The van der Waals surface area contributed by atoms with E-state index in [0.29, 0.717) is 0 Å². The van der Waals surface area contributed by atoms with E-state index in [1.807, 2.05) is 0 Å². The number of nitrogens with zero attached hydrogens (tertiary/aromatic N) is 3. The Hall–Kier alpha value is -2.03. The van der Waals surface area contributed by atoms with Crippen molar-refractivity contribution in [1.82, 2.24) is 14.3 Å². The first kappa shape index (κ1) is 14.4. The van der Waals surface area contributed by atoms with Gasteiger partial charge in [0, 0.05) is 32.2 Å². The first-order chi connectivity index (χ1) is 9.55. The molecule has 0 spiro atoms. The summed E-state index contributed by atoms with van der Waals surface area (Å²) in [5.41, 5.74) is 3.14. The molecular weight excluding hydrogens is 278 g/mol. The van der Waals surface area contributed by atoms with Crippen LogP contribution in [0, 0.1) is 0 Å². The van der Waals surface area contributed by atoms with Gasteiger partial charge in [0.25, 0.3) is 0 Å². The van der Waals surface area contributed by atoms with Crippen LogP contribution in [-0.2, 0) is 16.6 Å². The fraction of sp³-hybridized carbons (Fsp3) is 0.167. The van der Waals surface area contributed by atoms with Gasteiger partial charge in [-0.2, -0.15) is 4.31 Å². The summed E-state index contributed by atoms with van der Waals surface area (Å²) in [4.78, 5) is 7.84. The summed E-state index contributed by atoms with van der Waals surface area (Å²) in [5, 5.41) is 0. The van der Waals surface area contributed by atoms with Gasteiger partial charge in [-0.1, -0.05) is 0 Å². The van der Waals surface area contributed by atoms with Gasteiger partial charge in [-0.3, -0.25) is 4.98 Å². The van der Waals surface area contributed by atoms with Gasteiger partial charge in [0.05, 0.1) is 0 Å². The number of hydrogen-bond donors (Lipinski definition) is 2. The first-order valence-corrected chi connectivity index (χ1v) is 7.26. The molecule has 0 radical (unpaired) electrons. The van der Waals surface area contributed by atoms with Crippen molar-refractivity contribution in [3.8, 4) is 0 Å². The van der Waals surface area contributed by atoms with Crippen LogP contribution in [0.2, 0.25) is 0 Å². The molecule has 0 aromatic carbocycles. The molecule has 0 bridgehead atoms. The predicted molar refractivity (Wildman–Crippen MR) is 74.9 cm³/mol. The average molecular weight is 293 g/mol. The first-order valence-electron chi connectivity index (χ1n) is 5.82. The van der Waals surface area contributed by atoms with Crippen LogP contribution >= 0.6 is 0 Å². The molecule has 0 fully saturated rings. The number of anilines is 1. The zero-order valence-electron chi connectivity index (χ0n) is 10.9. The largest absolute Gasteiger partial charge is 0.307 e. The van der Waals surface area contributed by atoms with Crippen molar-refractivity contribution in [2.24, 2.45) is 5.84 Å². The molecule has 0 saturated carbocycles. The third-order valence-corrected chi connectivity index (χ3v) is 4.59. The van der Waals surface area contributed by atoms with E-state index in [2.05, 4.69) is 15.4 Å². The second kappa shape index (κ2) is 5.95. The lowest BCUT2D eigenvalue weighted by atomic mass is 10.3. The summed E-state index contributed by atoms with van der Waals surface area (Å²) in [6.45, 7) is 0.240. The Morgan fingerprint density at radius 3 is 2.60 bits per heavy atom. The number of hydrogen-bond acceptors (Lipinski definition) is 6. The third kappa shape index (κ3) is 2.93. The van der Waals surface area contributed by atoms with Gasteiger partial charge in [-0.15, -0.1) is 0 Å². The number of sulfonamides is 1. The Balaban J connectivity index is 2.30. The molecule has 3 N–H and O–H groups in total. The van der Waals surface area contributed by atoms with Gasteiger partial charge in [-0.25, -0.2) is 19.2 Å². The van der Waals surface area contributed by atoms with Crippen LogP contribution < -0.4 is 11.3 Å². The molecule has 20 heavy (non-hydrogen) atoms. The number of hydrazine groups is 1. The number of nitrogens with one attached hydrogen (secondary N) is 1. The van der Waals surface area contributed by atoms with Crippen molar-refractivity contribution in [3.05, 3.63) is 48.4 Å².